The molecular formula is C19H23N2S+. The highest BCUT2D eigenvalue weighted by molar-refractivity contribution is 7.18. The fourth-order valence-electron chi connectivity index (χ4n) is 2.90. The van der Waals surface area contributed by atoms with E-state index < -0.39 is 0 Å². The van der Waals surface area contributed by atoms with E-state index in [2.05, 4.69) is 70.6 Å². The molecule has 3 heteroatoms. The molecule has 0 fully saturated rings. The van der Waals surface area contributed by atoms with Crippen LogP contribution < -0.4 is 4.57 Å². The molecule has 22 heavy (non-hydrogen) atoms. The number of pyridine rings is 1. The van der Waals surface area contributed by atoms with E-state index in [4.69, 9.17) is 4.98 Å². The molecule has 0 aliphatic rings. The first-order chi connectivity index (χ1) is 10.4. The van der Waals surface area contributed by atoms with Crippen molar-refractivity contribution in [1.29, 1.82) is 0 Å². The molecule has 0 aliphatic heterocycles. The van der Waals surface area contributed by atoms with Gasteiger partial charge in [0.1, 0.15) is 7.05 Å². The molecule has 114 valence electrons. The van der Waals surface area contributed by atoms with Crippen molar-refractivity contribution in [2.75, 3.05) is 0 Å². The average Bonchev–Trinajstić information content (AvgIpc) is 2.87. The predicted molar refractivity (Wildman–Crippen MR) is 94.5 cm³/mol. The van der Waals surface area contributed by atoms with Gasteiger partial charge in [-0.2, -0.15) is 4.57 Å². The third kappa shape index (κ3) is 2.44. The molecule has 0 unspecified atom stereocenters. The second kappa shape index (κ2) is 5.47. The largest absolute Gasteiger partial charge is 0.239 e. The Morgan fingerprint density at radius 1 is 1.14 bits per heavy atom. The van der Waals surface area contributed by atoms with Crippen LogP contribution in [0, 0.1) is 20.8 Å². The lowest BCUT2D eigenvalue weighted by atomic mass is 9.97. The highest BCUT2D eigenvalue weighted by Crippen LogP contribution is 2.34. The lowest BCUT2D eigenvalue weighted by Crippen LogP contribution is -2.30. The first kappa shape index (κ1) is 15.2. The number of fused-ring (bicyclic) bond motifs is 1. The van der Waals surface area contributed by atoms with Crippen LogP contribution in [0.4, 0.5) is 0 Å². The Morgan fingerprint density at radius 3 is 2.55 bits per heavy atom. The smallest absolute Gasteiger partial charge is 0.234 e. The highest BCUT2D eigenvalue weighted by atomic mass is 32.1. The van der Waals surface area contributed by atoms with Gasteiger partial charge >= 0.3 is 0 Å². The van der Waals surface area contributed by atoms with Gasteiger partial charge in [0.15, 0.2) is 11.7 Å². The number of aryl methyl sites for hydroxylation is 3. The van der Waals surface area contributed by atoms with E-state index in [1.54, 1.807) is 0 Å². The van der Waals surface area contributed by atoms with Gasteiger partial charge in [-0.05, 0) is 38.0 Å². The topological polar surface area (TPSA) is 16.8 Å². The van der Waals surface area contributed by atoms with E-state index in [9.17, 15) is 0 Å². The molecule has 1 aromatic carbocycles. The summed E-state index contributed by atoms with van der Waals surface area (Å²) in [7, 11) is 2.11. The monoisotopic (exact) mass is 311 g/mol. The van der Waals surface area contributed by atoms with Crippen molar-refractivity contribution in [3.05, 3.63) is 46.1 Å². The number of benzene rings is 1. The summed E-state index contributed by atoms with van der Waals surface area (Å²) in [5.74, 6) is 0.468. The van der Waals surface area contributed by atoms with E-state index in [-0.39, 0.29) is 0 Å². The summed E-state index contributed by atoms with van der Waals surface area (Å²) in [4.78, 5) is 4.95. The van der Waals surface area contributed by atoms with Crippen molar-refractivity contribution in [2.45, 2.75) is 40.5 Å². The minimum Gasteiger partial charge on any atom is -0.234 e. The molecule has 2 aromatic heterocycles. The van der Waals surface area contributed by atoms with Crippen LogP contribution in [0.3, 0.4) is 0 Å². The van der Waals surface area contributed by atoms with Crippen molar-refractivity contribution in [3.8, 4) is 11.3 Å². The summed E-state index contributed by atoms with van der Waals surface area (Å²) in [5.41, 5.74) is 7.64. The summed E-state index contributed by atoms with van der Waals surface area (Å²) >= 11 is 1.81. The predicted octanol–water partition coefficient (Wildman–Crippen LogP) is 4.84. The van der Waals surface area contributed by atoms with E-state index in [1.807, 2.05) is 11.3 Å². The Labute approximate surface area is 136 Å². The Hall–Kier alpha value is -1.74. The third-order valence-electron chi connectivity index (χ3n) is 4.26. The van der Waals surface area contributed by atoms with E-state index in [1.165, 1.54) is 37.7 Å². The van der Waals surface area contributed by atoms with Gasteiger partial charge in [0.25, 0.3) is 0 Å². The van der Waals surface area contributed by atoms with Crippen molar-refractivity contribution in [2.24, 2.45) is 7.05 Å². The van der Waals surface area contributed by atoms with Crippen molar-refractivity contribution >= 4 is 21.6 Å². The lowest BCUT2D eigenvalue weighted by molar-refractivity contribution is -0.659. The molecule has 0 radical (unpaired) electrons. The number of hydrogen-bond acceptors (Lipinski definition) is 2. The van der Waals surface area contributed by atoms with Crippen molar-refractivity contribution in [1.82, 2.24) is 4.98 Å². The molecule has 0 spiro atoms. The molecular weight excluding hydrogens is 288 g/mol. The van der Waals surface area contributed by atoms with Crippen molar-refractivity contribution in [3.63, 3.8) is 0 Å². The number of nitrogens with zero attached hydrogens (tertiary/aromatic N) is 2. The van der Waals surface area contributed by atoms with Crippen LogP contribution in [0.5, 0.6) is 0 Å². The molecule has 0 aliphatic carbocycles. The number of aromatic nitrogens is 2. The molecule has 0 bridgehead atoms. The van der Waals surface area contributed by atoms with Crippen LogP contribution in [-0.4, -0.2) is 4.98 Å². The molecule has 0 saturated carbocycles. The molecule has 0 amide bonds. The minimum atomic E-state index is 0.468. The third-order valence-corrected chi connectivity index (χ3v) is 5.58. The van der Waals surface area contributed by atoms with Gasteiger partial charge in [-0.25, -0.2) is 4.98 Å². The molecule has 3 aromatic rings. The number of rotatable bonds is 2. The second-order valence-corrected chi connectivity index (χ2v) is 7.51. The maximum Gasteiger partial charge on any atom is 0.239 e. The SMILES string of the molecule is Cc1cc(C)c(C)c(-c2c3nc(C(C)C)sc3cc[n+]2C)c1. The fourth-order valence-corrected chi connectivity index (χ4v) is 3.87. The van der Waals surface area contributed by atoms with Gasteiger partial charge < -0.3 is 0 Å². The van der Waals surface area contributed by atoms with Gasteiger partial charge in [0, 0.05) is 12.0 Å². The summed E-state index contributed by atoms with van der Waals surface area (Å²) < 4.78 is 3.48. The molecule has 0 atom stereocenters. The fraction of sp³-hybridized carbons (Fsp3) is 0.368. The van der Waals surface area contributed by atoms with Crippen LogP contribution in [0.1, 0.15) is 41.5 Å². The molecule has 3 rings (SSSR count). The van der Waals surface area contributed by atoms with Gasteiger partial charge in [0.05, 0.1) is 15.3 Å². The van der Waals surface area contributed by atoms with Crippen LogP contribution in [0.25, 0.3) is 21.5 Å². The quantitative estimate of drug-likeness (QED) is 0.619. The zero-order chi connectivity index (χ0) is 16.0. The summed E-state index contributed by atoms with van der Waals surface area (Å²) in [6.07, 6.45) is 2.15. The van der Waals surface area contributed by atoms with Gasteiger partial charge in [-0.3, -0.25) is 0 Å². The summed E-state index contributed by atoms with van der Waals surface area (Å²) in [5, 5.41) is 1.21. The lowest BCUT2D eigenvalue weighted by Gasteiger charge is -2.09. The second-order valence-electron chi connectivity index (χ2n) is 6.45. The van der Waals surface area contributed by atoms with Gasteiger partial charge in [0.2, 0.25) is 5.69 Å². The normalized spacial score (nSPS) is 11.6. The molecule has 0 saturated heterocycles. The summed E-state index contributed by atoms with van der Waals surface area (Å²) in [6, 6.07) is 6.71. The van der Waals surface area contributed by atoms with Crippen LogP contribution in [0.15, 0.2) is 24.4 Å². The molecule has 2 nitrogen and oxygen atoms in total. The van der Waals surface area contributed by atoms with E-state index in [0.717, 1.165) is 5.52 Å². The average molecular weight is 311 g/mol. The molecule has 0 N–H and O–H groups in total. The van der Waals surface area contributed by atoms with Gasteiger partial charge in [-0.15, -0.1) is 11.3 Å². The Balaban J connectivity index is 2.37. The zero-order valence-corrected chi connectivity index (χ0v) is 15.0. The number of hydrogen-bond donors (Lipinski definition) is 0. The Kier molecular flexibility index (Phi) is 3.77. The first-order valence-corrected chi connectivity index (χ1v) is 8.57. The minimum absolute atomic E-state index is 0.468. The first-order valence-electron chi connectivity index (χ1n) is 7.75. The maximum atomic E-state index is 4.95. The van der Waals surface area contributed by atoms with Crippen LogP contribution in [-0.2, 0) is 7.05 Å². The zero-order valence-electron chi connectivity index (χ0n) is 14.2. The van der Waals surface area contributed by atoms with Crippen LogP contribution >= 0.6 is 11.3 Å². The Morgan fingerprint density at radius 2 is 1.86 bits per heavy atom. The van der Waals surface area contributed by atoms with Gasteiger partial charge in [-0.1, -0.05) is 25.5 Å². The molecule has 2 heterocycles. The maximum absolute atomic E-state index is 4.95. The summed E-state index contributed by atoms with van der Waals surface area (Å²) in [6.45, 7) is 11.0. The Bertz CT molecular complexity index is 859. The van der Waals surface area contributed by atoms with E-state index >= 15 is 0 Å². The number of thiazole rings is 1. The van der Waals surface area contributed by atoms with Crippen molar-refractivity contribution < 1.29 is 4.57 Å². The van der Waals surface area contributed by atoms with Crippen LogP contribution in [0.2, 0.25) is 0 Å². The highest BCUT2D eigenvalue weighted by Gasteiger charge is 2.22. The standard InChI is InChI=1S/C19H23N2S/c1-11(2)19-20-17-16(22-19)7-8-21(6)18(17)15-10-12(3)9-13(4)14(15)5/h7-11H,1-6H3/q+1. The van der Waals surface area contributed by atoms with E-state index in [0.29, 0.717) is 5.92 Å².